The average molecular weight is 350 g/mol. The quantitative estimate of drug-likeness (QED) is 0.907. The SMILES string of the molecule is CC(C)(C)OC(=O)N[C@@H](Cc1ccccc1)C(=O)N1CCSCC1. The van der Waals surface area contributed by atoms with Crippen LogP contribution in [0.25, 0.3) is 0 Å². The van der Waals surface area contributed by atoms with Crippen molar-refractivity contribution < 1.29 is 14.3 Å². The molecule has 0 saturated carbocycles. The summed E-state index contributed by atoms with van der Waals surface area (Å²) in [6, 6.07) is 9.12. The highest BCUT2D eigenvalue weighted by Gasteiger charge is 2.29. The minimum Gasteiger partial charge on any atom is -0.444 e. The fraction of sp³-hybridized carbons (Fsp3) is 0.556. The van der Waals surface area contributed by atoms with Crippen LogP contribution in [0.1, 0.15) is 26.3 Å². The van der Waals surface area contributed by atoms with Gasteiger partial charge in [-0.3, -0.25) is 4.79 Å². The molecule has 1 N–H and O–H groups in total. The van der Waals surface area contributed by atoms with Gasteiger partial charge < -0.3 is 15.0 Å². The second kappa shape index (κ2) is 8.42. The summed E-state index contributed by atoms with van der Waals surface area (Å²) in [5, 5.41) is 2.76. The normalized spacial score (nSPS) is 16.4. The molecule has 1 aliphatic heterocycles. The highest BCUT2D eigenvalue weighted by molar-refractivity contribution is 7.99. The van der Waals surface area contributed by atoms with Crippen LogP contribution in [-0.4, -0.2) is 53.1 Å². The summed E-state index contributed by atoms with van der Waals surface area (Å²) >= 11 is 1.85. The Morgan fingerprint density at radius 3 is 2.42 bits per heavy atom. The first-order chi connectivity index (χ1) is 11.3. The van der Waals surface area contributed by atoms with Crippen LogP contribution in [-0.2, 0) is 16.0 Å². The first kappa shape index (κ1) is 18.6. The van der Waals surface area contributed by atoms with Crippen LogP contribution in [0.15, 0.2) is 30.3 Å². The van der Waals surface area contributed by atoms with Gasteiger partial charge in [-0.1, -0.05) is 30.3 Å². The van der Waals surface area contributed by atoms with E-state index in [-0.39, 0.29) is 5.91 Å². The highest BCUT2D eigenvalue weighted by Crippen LogP contribution is 2.13. The minimum absolute atomic E-state index is 0.0370. The average Bonchev–Trinajstić information content (AvgIpc) is 2.53. The molecular formula is C18H26N2O3S. The van der Waals surface area contributed by atoms with E-state index in [2.05, 4.69) is 5.32 Å². The number of alkyl carbamates (subject to hydrolysis) is 1. The maximum atomic E-state index is 12.9. The molecule has 1 saturated heterocycles. The zero-order valence-electron chi connectivity index (χ0n) is 14.6. The second-order valence-electron chi connectivity index (χ2n) is 6.83. The summed E-state index contributed by atoms with van der Waals surface area (Å²) < 4.78 is 5.32. The van der Waals surface area contributed by atoms with Crippen molar-refractivity contribution in [1.82, 2.24) is 10.2 Å². The predicted octanol–water partition coefficient (Wildman–Crippen LogP) is 2.70. The van der Waals surface area contributed by atoms with Crippen LogP contribution >= 0.6 is 11.8 Å². The number of carbonyl (C=O) groups excluding carboxylic acids is 2. The molecule has 0 bridgehead atoms. The molecule has 1 aromatic carbocycles. The fourth-order valence-corrected chi connectivity index (χ4v) is 3.41. The monoisotopic (exact) mass is 350 g/mol. The van der Waals surface area contributed by atoms with E-state index in [1.807, 2.05) is 67.8 Å². The highest BCUT2D eigenvalue weighted by atomic mass is 32.2. The summed E-state index contributed by atoms with van der Waals surface area (Å²) in [4.78, 5) is 26.8. The van der Waals surface area contributed by atoms with E-state index in [0.29, 0.717) is 6.42 Å². The minimum atomic E-state index is -0.606. The van der Waals surface area contributed by atoms with Gasteiger partial charge in [-0.15, -0.1) is 0 Å². The number of amides is 2. The van der Waals surface area contributed by atoms with Crippen LogP contribution in [0, 0.1) is 0 Å². The van der Waals surface area contributed by atoms with Crippen molar-refractivity contribution in [2.75, 3.05) is 24.6 Å². The number of rotatable bonds is 4. The molecule has 1 aliphatic rings. The summed E-state index contributed by atoms with van der Waals surface area (Å²) in [5.41, 5.74) is 0.421. The third-order valence-corrected chi connectivity index (χ3v) is 4.54. The number of hydrogen-bond donors (Lipinski definition) is 1. The first-order valence-corrected chi connectivity index (χ1v) is 9.40. The van der Waals surface area contributed by atoms with Crippen molar-refractivity contribution in [1.29, 1.82) is 0 Å². The number of benzene rings is 1. The van der Waals surface area contributed by atoms with Gasteiger partial charge in [0.15, 0.2) is 0 Å². The number of thioether (sulfide) groups is 1. The molecular weight excluding hydrogens is 324 g/mol. The summed E-state index contributed by atoms with van der Waals surface area (Å²) in [7, 11) is 0. The molecule has 0 aliphatic carbocycles. The Hall–Kier alpha value is -1.69. The standard InChI is InChI=1S/C18H26N2O3S/c1-18(2,3)23-17(22)19-15(13-14-7-5-4-6-8-14)16(21)20-9-11-24-12-10-20/h4-8,15H,9-13H2,1-3H3,(H,19,22)/t15-/m0/s1. The Bertz CT molecular complexity index is 551. The maximum Gasteiger partial charge on any atom is 0.408 e. The molecule has 0 aromatic heterocycles. The van der Waals surface area contributed by atoms with Crippen molar-refractivity contribution in [3.8, 4) is 0 Å². The Labute approximate surface area is 148 Å². The zero-order chi connectivity index (χ0) is 17.6. The summed E-state index contributed by atoms with van der Waals surface area (Å²) in [5.74, 6) is 1.84. The molecule has 0 spiro atoms. The molecule has 1 fully saturated rings. The maximum absolute atomic E-state index is 12.9. The smallest absolute Gasteiger partial charge is 0.408 e. The summed E-state index contributed by atoms with van der Waals surface area (Å²) in [6.07, 6.45) is -0.0918. The number of carbonyl (C=O) groups is 2. The molecule has 2 amide bonds. The van der Waals surface area contributed by atoms with Crippen molar-refractivity contribution in [3.63, 3.8) is 0 Å². The van der Waals surface area contributed by atoms with Gasteiger partial charge in [0, 0.05) is 31.0 Å². The molecule has 2 rings (SSSR count). The predicted molar refractivity (Wildman–Crippen MR) is 97.2 cm³/mol. The van der Waals surface area contributed by atoms with Gasteiger partial charge in [0.05, 0.1) is 0 Å². The lowest BCUT2D eigenvalue weighted by molar-refractivity contribution is -0.133. The molecule has 1 heterocycles. The number of hydrogen-bond acceptors (Lipinski definition) is 4. The second-order valence-corrected chi connectivity index (χ2v) is 8.05. The van der Waals surface area contributed by atoms with E-state index in [1.54, 1.807) is 0 Å². The molecule has 132 valence electrons. The third kappa shape index (κ3) is 6.07. The number of nitrogens with one attached hydrogen (secondary N) is 1. The van der Waals surface area contributed by atoms with Gasteiger partial charge in [0.1, 0.15) is 11.6 Å². The van der Waals surface area contributed by atoms with E-state index in [9.17, 15) is 9.59 Å². The van der Waals surface area contributed by atoms with Crippen LogP contribution in [0.5, 0.6) is 0 Å². The molecule has 0 radical (unpaired) electrons. The third-order valence-electron chi connectivity index (χ3n) is 3.59. The topological polar surface area (TPSA) is 58.6 Å². The Morgan fingerprint density at radius 1 is 1.21 bits per heavy atom. The van der Waals surface area contributed by atoms with Gasteiger partial charge in [0.25, 0.3) is 0 Å². The van der Waals surface area contributed by atoms with E-state index in [0.717, 1.165) is 30.2 Å². The van der Waals surface area contributed by atoms with Crippen molar-refractivity contribution in [2.45, 2.75) is 38.8 Å². The van der Waals surface area contributed by atoms with Crippen molar-refractivity contribution >= 4 is 23.8 Å². The lowest BCUT2D eigenvalue weighted by Gasteiger charge is -2.31. The molecule has 1 atom stereocenters. The van der Waals surface area contributed by atoms with E-state index >= 15 is 0 Å². The fourth-order valence-electron chi connectivity index (χ4n) is 2.50. The van der Waals surface area contributed by atoms with Crippen LogP contribution in [0.2, 0.25) is 0 Å². The van der Waals surface area contributed by atoms with E-state index in [1.165, 1.54) is 0 Å². The lowest BCUT2D eigenvalue weighted by atomic mass is 10.0. The van der Waals surface area contributed by atoms with Gasteiger partial charge in [-0.05, 0) is 26.3 Å². The van der Waals surface area contributed by atoms with Gasteiger partial charge in [0.2, 0.25) is 5.91 Å². The molecule has 5 nitrogen and oxygen atoms in total. The van der Waals surface area contributed by atoms with Gasteiger partial charge >= 0.3 is 6.09 Å². The van der Waals surface area contributed by atoms with Crippen molar-refractivity contribution in [3.05, 3.63) is 35.9 Å². The molecule has 24 heavy (non-hydrogen) atoms. The van der Waals surface area contributed by atoms with Gasteiger partial charge in [-0.25, -0.2) is 4.79 Å². The Morgan fingerprint density at radius 2 is 1.83 bits per heavy atom. The van der Waals surface area contributed by atoms with Crippen LogP contribution < -0.4 is 5.32 Å². The Balaban J connectivity index is 2.08. The van der Waals surface area contributed by atoms with E-state index < -0.39 is 17.7 Å². The number of ether oxygens (including phenoxy) is 1. The summed E-state index contributed by atoms with van der Waals surface area (Å²) in [6.45, 7) is 6.88. The largest absolute Gasteiger partial charge is 0.444 e. The van der Waals surface area contributed by atoms with Crippen LogP contribution in [0.3, 0.4) is 0 Å². The number of nitrogens with zero attached hydrogens (tertiary/aromatic N) is 1. The molecule has 1 aromatic rings. The van der Waals surface area contributed by atoms with Crippen molar-refractivity contribution in [2.24, 2.45) is 0 Å². The molecule has 0 unspecified atom stereocenters. The molecule has 6 heteroatoms. The van der Waals surface area contributed by atoms with Gasteiger partial charge in [-0.2, -0.15) is 11.8 Å². The van der Waals surface area contributed by atoms with E-state index in [4.69, 9.17) is 4.74 Å². The Kier molecular flexibility index (Phi) is 6.54. The lowest BCUT2D eigenvalue weighted by Crippen LogP contribution is -2.52. The van der Waals surface area contributed by atoms with Crippen LogP contribution in [0.4, 0.5) is 4.79 Å². The zero-order valence-corrected chi connectivity index (χ0v) is 15.4. The first-order valence-electron chi connectivity index (χ1n) is 8.25.